The second-order valence-corrected chi connectivity index (χ2v) is 9.00. The van der Waals surface area contributed by atoms with Crippen molar-refractivity contribution in [2.24, 2.45) is 16.9 Å². The van der Waals surface area contributed by atoms with E-state index in [-0.39, 0.29) is 52.0 Å². The van der Waals surface area contributed by atoms with E-state index in [2.05, 4.69) is 4.90 Å². The molecule has 1 saturated heterocycles. The van der Waals surface area contributed by atoms with Crippen molar-refractivity contribution in [2.75, 3.05) is 13.1 Å². The van der Waals surface area contributed by atoms with Gasteiger partial charge < -0.3 is 41.3 Å². The van der Waals surface area contributed by atoms with E-state index in [1.165, 1.54) is 19.3 Å². The van der Waals surface area contributed by atoms with Gasteiger partial charge in [-0.05, 0) is 51.6 Å². The van der Waals surface area contributed by atoms with E-state index >= 15 is 0 Å². The summed E-state index contributed by atoms with van der Waals surface area (Å²) >= 11 is 0. The first-order valence-corrected chi connectivity index (χ1v) is 11.4. The van der Waals surface area contributed by atoms with Gasteiger partial charge in [0.1, 0.15) is 0 Å². The van der Waals surface area contributed by atoms with Gasteiger partial charge in [-0.3, -0.25) is 9.59 Å². The third-order valence-corrected chi connectivity index (χ3v) is 5.77. The predicted molar refractivity (Wildman–Crippen MR) is 105 cm³/mol. The molecule has 2 atom stereocenters. The molecule has 0 aromatic rings. The summed E-state index contributed by atoms with van der Waals surface area (Å²) in [5, 5.41) is 17.9. The van der Waals surface area contributed by atoms with Crippen LogP contribution < -0.4 is 11.5 Å². The average molecular weight is 635 g/mol. The first-order valence-electron chi connectivity index (χ1n) is 9.87. The zero-order valence-corrected chi connectivity index (χ0v) is 20.0. The Bertz CT molecular complexity index is 559. The molecule has 178 valence electrons. The van der Waals surface area contributed by atoms with Gasteiger partial charge in [0.15, 0.2) is 5.41 Å². The van der Waals surface area contributed by atoms with Crippen LogP contribution in [0.2, 0.25) is 0 Å². The molecule has 11 nitrogen and oxygen atoms in total. The van der Waals surface area contributed by atoms with Gasteiger partial charge in [-0.15, -0.1) is 0 Å². The molecule has 3 aliphatic rings. The first-order chi connectivity index (χ1) is 13.4. The molecule has 1 aliphatic heterocycles. The Hall–Kier alpha value is -0.382. The van der Waals surface area contributed by atoms with E-state index in [4.69, 9.17) is 40.9 Å². The molecular formula is C17H34N3O8PPt+2. The van der Waals surface area contributed by atoms with Crippen molar-refractivity contribution in [3.8, 4) is 0 Å². The topological polar surface area (TPSA) is 208 Å². The Kier molecular flexibility index (Phi) is 13.1. The molecule has 0 spiro atoms. The maximum absolute atomic E-state index is 11.0. The summed E-state index contributed by atoms with van der Waals surface area (Å²) in [7, 11) is -4.64. The van der Waals surface area contributed by atoms with E-state index in [9.17, 15) is 9.59 Å². The Balaban J connectivity index is 0.000000504. The molecule has 0 aromatic heterocycles. The zero-order valence-electron chi connectivity index (χ0n) is 16.8. The van der Waals surface area contributed by atoms with Crippen LogP contribution in [0.3, 0.4) is 0 Å². The molecule has 0 amide bonds. The van der Waals surface area contributed by atoms with Gasteiger partial charge in [-0.1, -0.05) is 19.3 Å². The molecule has 0 bridgehead atoms. The number of phosphoric acid groups is 1. The molecule has 2 saturated carbocycles. The quantitative estimate of drug-likeness (QED) is 0.163. The van der Waals surface area contributed by atoms with Gasteiger partial charge in [0.05, 0.1) is 0 Å². The van der Waals surface area contributed by atoms with Crippen molar-refractivity contribution < 1.29 is 60.1 Å². The molecule has 0 aromatic carbocycles. The summed E-state index contributed by atoms with van der Waals surface area (Å²) in [6.07, 6.45) is 8.83. The number of carbonyl (C=O) groups is 2. The van der Waals surface area contributed by atoms with Gasteiger partial charge in [0.2, 0.25) is 0 Å². The fourth-order valence-corrected chi connectivity index (χ4v) is 3.92. The number of nitrogens with two attached hydrogens (primary N) is 2. The molecule has 9 N–H and O–H groups in total. The van der Waals surface area contributed by atoms with Gasteiger partial charge in [-0.25, -0.2) is 4.57 Å². The smallest absolute Gasteiger partial charge is 0.480 e. The predicted octanol–water partition coefficient (Wildman–Crippen LogP) is 0.0742. The fourth-order valence-electron chi connectivity index (χ4n) is 3.92. The SMILES string of the molecule is NC1CCCCC1N.O=C(O)C1(C(=O)O)CC(N2CCCCC2)C1.O=P(O)(O)O.[Pt+2]. The molecule has 30 heavy (non-hydrogen) atoms. The second-order valence-electron chi connectivity index (χ2n) is 7.98. The van der Waals surface area contributed by atoms with Crippen LogP contribution in [0.1, 0.15) is 57.8 Å². The van der Waals surface area contributed by atoms with Crippen LogP contribution >= 0.6 is 7.82 Å². The van der Waals surface area contributed by atoms with Gasteiger partial charge in [0, 0.05) is 18.1 Å². The number of hydrogen-bond donors (Lipinski definition) is 7. The minimum Gasteiger partial charge on any atom is -0.480 e. The van der Waals surface area contributed by atoms with Crippen molar-refractivity contribution in [1.29, 1.82) is 0 Å². The van der Waals surface area contributed by atoms with Gasteiger partial charge in [-0.2, -0.15) is 0 Å². The minimum absolute atomic E-state index is 0. The molecular weight excluding hydrogens is 600 g/mol. The number of piperidine rings is 1. The first kappa shape index (κ1) is 29.6. The van der Waals surface area contributed by atoms with Gasteiger partial charge in [0.25, 0.3) is 0 Å². The Morgan fingerprint density at radius 2 is 1.20 bits per heavy atom. The van der Waals surface area contributed by atoms with Crippen LogP contribution in [0.15, 0.2) is 0 Å². The van der Waals surface area contributed by atoms with Crippen LogP contribution in [0, 0.1) is 5.41 Å². The number of nitrogens with zero attached hydrogens (tertiary/aromatic N) is 1. The monoisotopic (exact) mass is 634 g/mol. The summed E-state index contributed by atoms with van der Waals surface area (Å²) in [5.41, 5.74) is 9.79. The minimum atomic E-state index is -4.64. The van der Waals surface area contributed by atoms with E-state index in [1.54, 1.807) is 0 Å². The van der Waals surface area contributed by atoms with Crippen molar-refractivity contribution in [3.05, 3.63) is 0 Å². The van der Waals surface area contributed by atoms with E-state index in [0.29, 0.717) is 0 Å². The maximum atomic E-state index is 11.0. The van der Waals surface area contributed by atoms with Crippen LogP contribution in [-0.2, 0) is 35.2 Å². The molecule has 13 heteroatoms. The Labute approximate surface area is 190 Å². The third kappa shape index (κ3) is 9.83. The van der Waals surface area contributed by atoms with Crippen LogP contribution in [0.25, 0.3) is 0 Å². The molecule has 2 aliphatic carbocycles. The number of hydrogen-bond acceptors (Lipinski definition) is 6. The van der Waals surface area contributed by atoms with Crippen LogP contribution in [0.5, 0.6) is 0 Å². The average Bonchev–Trinajstić information content (AvgIpc) is 2.56. The third-order valence-electron chi connectivity index (χ3n) is 5.77. The van der Waals surface area contributed by atoms with E-state index in [0.717, 1.165) is 38.8 Å². The number of aliphatic carboxylic acids is 2. The van der Waals surface area contributed by atoms with Crippen molar-refractivity contribution in [1.82, 2.24) is 4.90 Å². The Morgan fingerprint density at radius 3 is 1.50 bits per heavy atom. The Morgan fingerprint density at radius 1 is 0.833 bits per heavy atom. The molecule has 3 fully saturated rings. The van der Waals surface area contributed by atoms with Crippen molar-refractivity contribution >= 4 is 19.8 Å². The van der Waals surface area contributed by atoms with E-state index in [1.807, 2.05) is 0 Å². The van der Waals surface area contributed by atoms with E-state index < -0.39 is 25.2 Å². The summed E-state index contributed by atoms with van der Waals surface area (Å²) in [6, 6.07) is 0.722. The molecule has 0 radical (unpaired) electrons. The largest absolute Gasteiger partial charge is 2.00 e. The number of likely N-dealkylation sites (tertiary alicyclic amines) is 1. The molecule has 3 rings (SSSR count). The molecule has 1 heterocycles. The zero-order chi connectivity index (χ0) is 22.2. The summed E-state index contributed by atoms with van der Waals surface area (Å²) in [5.74, 6) is -2.37. The summed E-state index contributed by atoms with van der Waals surface area (Å²) in [4.78, 5) is 45.8. The molecule has 2 unspecified atom stereocenters. The van der Waals surface area contributed by atoms with Crippen LogP contribution in [0.4, 0.5) is 0 Å². The van der Waals surface area contributed by atoms with Crippen molar-refractivity contribution in [3.63, 3.8) is 0 Å². The summed E-state index contributed by atoms with van der Waals surface area (Å²) < 4.78 is 8.88. The van der Waals surface area contributed by atoms with Crippen molar-refractivity contribution in [2.45, 2.75) is 75.9 Å². The van der Waals surface area contributed by atoms with Gasteiger partial charge >= 0.3 is 40.8 Å². The number of carboxylic acids is 2. The number of rotatable bonds is 3. The van der Waals surface area contributed by atoms with Crippen LogP contribution in [-0.4, -0.2) is 72.9 Å². The summed E-state index contributed by atoms with van der Waals surface area (Å²) in [6.45, 7) is 1.97. The fraction of sp³-hybridized carbons (Fsp3) is 0.882. The second kappa shape index (κ2) is 13.2. The number of carboxylic acid groups (broad SMARTS) is 2. The maximum Gasteiger partial charge on any atom is 2.00 e. The normalized spacial score (nSPS) is 26.4. The standard InChI is InChI=1S/C11H17NO4.C6H14N2.H3O4P.Pt/c13-9(14)11(10(15)16)6-8(7-11)12-4-2-1-3-5-12;7-5-3-1-2-4-6(5)8;1-5(2,3)4;/h8H,1-7H2,(H,13,14)(H,15,16);5-6H,1-4,7-8H2;(H3,1,2,3,4);/q;;;+2.